The minimum Gasteiger partial charge on any atom is -0.445 e. The number of nitrogens with zero attached hydrogens (tertiary/aromatic N) is 1. The van der Waals surface area contributed by atoms with Crippen molar-refractivity contribution in [2.45, 2.75) is 52.5 Å². The van der Waals surface area contributed by atoms with Gasteiger partial charge in [0.05, 0.1) is 12.6 Å². The Labute approximate surface area is 184 Å². The number of nitrogens with one attached hydrogen (secondary N) is 1. The molecular formula is C24H32N2O5. The fourth-order valence-corrected chi connectivity index (χ4v) is 2.91. The van der Waals surface area contributed by atoms with Gasteiger partial charge in [-0.3, -0.25) is 0 Å². The van der Waals surface area contributed by atoms with Crippen LogP contribution in [0, 0.1) is 6.92 Å². The number of amides is 2. The summed E-state index contributed by atoms with van der Waals surface area (Å²) in [6, 6.07) is 16.4. The van der Waals surface area contributed by atoms with Crippen molar-refractivity contribution in [3.05, 3.63) is 71.3 Å². The van der Waals surface area contributed by atoms with E-state index in [1.807, 2.05) is 61.5 Å². The highest BCUT2D eigenvalue weighted by molar-refractivity contribution is 5.69. The van der Waals surface area contributed by atoms with Gasteiger partial charge >= 0.3 is 12.2 Å². The largest absolute Gasteiger partial charge is 0.445 e. The zero-order valence-corrected chi connectivity index (χ0v) is 18.6. The van der Waals surface area contributed by atoms with Gasteiger partial charge < -0.3 is 24.8 Å². The molecule has 0 bridgehead atoms. The summed E-state index contributed by atoms with van der Waals surface area (Å²) in [7, 11) is 0. The summed E-state index contributed by atoms with van der Waals surface area (Å²) in [4.78, 5) is 26.4. The SMILES string of the molecule is Cc1cccc(CN(C[C@H](CO)NC(=O)OCc2ccccc2)C(=O)OC(C)(C)C)c1. The van der Waals surface area contributed by atoms with Crippen LogP contribution in [0.4, 0.5) is 9.59 Å². The molecule has 0 radical (unpaired) electrons. The van der Waals surface area contributed by atoms with Gasteiger partial charge in [-0.05, 0) is 38.8 Å². The second-order valence-electron chi connectivity index (χ2n) is 8.44. The van der Waals surface area contributed by atoms with Crippen LogP contribution in [0.1, 0.15) is 37.5 Å². The van der Waals surface area contributed by atoms with Crippen LogP contribution >= 0.6 is 0 Å². The third-order valence-corrected chi connectivity index (χ3v) is 4.30. The number of hydrogen-bond donors (Lipinski definition) is 2. The normalized spacial score (nSPS) is 12.0. The van der Waals surface area contributed by atoms with E-state index in [9.17, 15) is 14.7 Å². The monoisotopic (exact) mass is 428 g/mol. The van der Waals surface area contributed by atoms with Crippen molar-refractivity contribution in [1.29, 1.82) is 0 Å². The van der Waals surface area contributed by atoms with Gasteiger partial charge in [0.15, 0.2) is 0 Å². The second kappa shape index (κ2) is 11.4. The van der Waals surface area contributed by atoms with Crippen LogP contribution in [0.25, 0.3) is 0 Å². The van der Waals surface area contributed by atoms with Crippen molar-refractivity contribution in [2.24, 2.45) is 0 Å². The highest BCUT2D eigenvalue weighted by Crippen LogP contribution is 2.14. The van der Waals surface area contributed by atoms with Gasteiger partial charge in [-0.1, -0.05) is 60.2 Å². The summed E-state index contributed by atoms with van der Waals surface area (Å²) < 4.78 is 10.7. The van der Waals surface area contributed by atoms with Crippen LogP contribution in [0.3, 0.4) is 0 Å². The molecule has 7 nitrogen and oxygen atoms in total. The third kappa shape index (κ3) is 9.09. The lowest BCUT2D eigenvalue weighted by Gasteiger charge is -2.30. The van der Waals surface area contributed by atoms with Crippen molar-refractivity contribution in [3.8, 4) is 0 Å². The predicted octanol–water partition coefficient (Wildman–Crippen LogP) is 4.02. The van der Waals surface area contributed by atoms with Crippen molar-refractivity contribution in [3.63, 3.8) is 0 Å². The summed E-state index contributed by atoms with van der Waals surface area (Å²) in [6.07, 6.45) is -1.19. The van der Waals surface area contributed by atoms with Crippen LogP contribution in [-0.4, -0.2) is 47.0 Å². The Balaban J connectivity index is 2.03. The van der Waals surface area contributed by atoms with Gasteiger partial charge in [0.1, 0.15) is 12.2 Å². The predicted molar refractivity (Wildman–Crippen MR) is 118 cm³/mol. The molecule has 0 saturated heterocycles. The molecule has 2 aromatic rings. The minimum atomic E-state index is -0.708. The Morgan fingerprint density at radius 1 is 1.06 bits per heavy atom. The average molecular weight is 429 g/mol. The molecule has 2 rings (SSSR count). The number of benzene rings is 2. The van der Waals surface area contributed by atoms with E-state index >= 15 is 0 Å². The second-order valence-corrected chi connectivity index (χ2v) is 8.44. The van der Waals surface area contributed by atoms with E-state index in [2.05, 4.69) is 5.32 Å². The Bertz CT molecular complexity index is 849. The number of carbonyl (C=O) groups is 2. The van der Waals surface area contributed by atoms with E-state index in [4.69, 9.17) is 9.47 Å². The molecule has 1 atom stereocenters. The van der Waals surface area contributed by atoms with Gasteiger partial charge in [0, 0.05) is 13.1 Å². The average Bonchev–Trinajstić information content (AvgIpc) is 2.70. The summed E-state index contributed by atoms with van der Waals surface area (Å²) in [5.74, 6) is 0. The summed E-state index contributed by atoms with van der Waals surface area (Å²) >= 11 is 0. The smallest absolute Gasteiger partial charge is 0.410 e. The first-order valence-electron chi connectivity index (χ1n) is 10.3. The standard InChI is InChI=1S/C24H32N2O5/c1-18-9-8-12-20(13-18)14-26(23(29)31-24(2,3)4)15-21(16-27)25-22(28)30-17-19-10-6-5-7-11-19/h5-13,21,27H,14-17H2,1-4H3,(H,25,28)/t21-/m1/s1. The molecule has 0 unspecified atom stereocenters. The number of aliphatic hydroxyl groups excluding tert-OH is 1. The summed E-state index contributed by atoms with van der Waals surface area (Å²) in [5.41, 5.74) is 2.18. The first-order valence-corrected chi connectivity index (χ1v) is 10.3. The third-order valence-electron chi connectivity index (χ3n) is 4.30. The van der Waals surface area contributed by atoms with Crippen LogP contribution in [0.15, 0.2) is 54.6 Å². The van der Waals surface area contributed by atoms with Gasteiger partial charge in [-0.15, -0.1) is 0 Å². The molecule has 2 N–H and O–H groups in total. The molecule has 168 valence electrons. The highest BCUT2D eigenvalue weighted by atomic mass is 16.6. The molecule has 0 aliphatic carbocycles. The number of rotatable bonds is 8. The van der Waals surface area contributed by atoms with Gasteiger partial charge in [0.2, 0.25) is 0 Å². The Hall–Kier alpha value is -3.06. The first kappa shape index (κ1) is 24.2. The molecular weight excluding hydrogens is 396 g/mol. The number of aliphatic hydroxyl groups is 1. The molecule has 31 heavy (non-hydrogen) atoms. The fraction of sp³-hybridized carbons (Fsp3) is 0.417. The lowest BCUT2D eigenvalue weighted by atomic mass is 10.1. The zero-order chi connectivity index (χ0) is 22.9. The summed E-state index contributed by atoms with van der Waals surface area (Å²) in [5, 5.41) is 12.4. The zero-order valence-electron chi connectivity index (χ0n) is 18.6. The highest BCUT2D eigenvalue weighted by Gasteiger charge is 2.25. The van der Waals surface area contributed by atoms with Crippen LogP contribution in [0.2, 0.25) is 0 Å². The maximum Gasteiger partial charge on any atom is 0.410 e. The number of ether oxygens (including phenoxy) is 2. The van der Waals surface area contributed by atoms with E-state index < -0.39 is 23.8 Å². The van der Waals surface area contributed by atoms with E-state index in [-0.39, 0.29) is 26.3 Å². The van der Waals surface area contributed by atoms with Gasteiger partial charge in [0.25, 0.3) is 0 Å². The van der Waals surface area contributed by atoms with E-state index in [0.717, 1.165) is 16.7 Å². The molecule has 0 spiro atoms. The Morgan fingerprint density at radius 3 is 2.35 bits per heavy atom. The Kier molecular flexibility index (Phi) is 8.88. The van der Waals surface area contributed by atoms with Crippen molar-refractivity contribution >= 4 is 12.2 Å². The van der Waals surface area contributed by atoms with Crippen molar-refractivity contribution < 1.29 is 24.2 Å². The maximum atomic E-state index is 12.8. The van der Waals surface area contributed by atoms with Crippen molar-refractivity contribution in [2.75, 3.05) is 13.2 Å². The van der Waals surface area contributed by atoms with E-state index in [1.54, 1.807) is 20.8 Å². The lowest BCUT2D eigenvalue weighted by Crippen LogP contribution is -2.48. The number of aryl methyl sites for hydroxylation is 1. The Morgan fingerprint density at radius 2 is 1.74 bits per heavy atom. The molecule has 0 fully saturated rings. The van der Waals surface area contributed by atoms with Gasteiger partial charge in [-0.25, -0.2) is 9.59 Å². The molecule has 0 aliphatic heterocycles. The van der Waals surface area contributed by atoms with Crippen LogP contribution < -0.4 is 5.32 Å². The molecule has 0 saturated carbocycles. The quantitative estimate of drug-likeness (QED) is 0.663. The molecule has 0 aromatic heterocycles. The molecule has 2 amide bonds. The fourth-order valence-electron chi connectivity index (χ4n) is 2.91. The van der Waals surface area contributed by atoms with Crippen LogP contribution in [0.5, 0.6) is 0 Å². The van der Waals surface area contributed by atoms with Crippen LogP contribution in [-0.2, 0) is 22.6 Å². The summed E-state index contributed by atoms with van der Waals surface area (Å²) in [6.45, 7) is 7.46. The molecule has 0 aliphatic rings. The molecule has 0 heterocycles. The van der Waals surface area contributed by atoms with E-state index in [1.165, 1.54) is 4.90 Å². The molecule has 7 heteroatoms. The maximum absolute atomic E-state index is 12.8. The number of hydrogen-bond acceptors (Lipinski definition) is 5. The van der Waals surface area contributed by atoms with Gasteiger partial charge in [-0.2, -0.15) is 0 Å². The molecule has 2 aromatic carbocycles. The van der Waals surface area contributed by atoms with Crippen molar-refractivity contribution in [1.82, 2.24) is 10.2 Å². The van der Waals surface area contributed by atoms with E-state index in [0.29, 0.717) is 0 Å². The lowest BCUT2D eigenvalue weighted by molar-refractivity contribution is 0.0197. The number of alkyl carbamates (subject to hydrolysis) is 1. The topological polar surface area (TPSA) is 88.1 Å². The number of carbonyl (C=O) groups excluding carboxylic acids is 2. The first-order chi connectivity index (χ1) is 14.7. The minimum absolute atomic E-state index is 0.0692.